The first-order valence-corrected chi connectivity index (χ1v) is 25.1. The maximum absolute atomic E-state index is 13.2. The summed E-state index contributed by atoms with van der Waals surface area (Å²) in [5.41, 5.74) is -4.07. The van der Waals surface area contributed by atoms with Crippen molar-refractivity contribution in [3.8, 4) is 0 Å². The zero-order valence-electron chi connectivity index (χ0n) is 40.4. The number of hydrogen-bond donors (Lipinski definition) is 2. The van der Waals surface area contributed by atoms with Crippen LogP contribution in [0.3, 0.4) is 0 Å². The molecule has 2 aliphatic carbocycles. The highest BCUT2D eigenvalue weighted by Gasteiger charge is 2.71. The molecule has 10 heterocycles. The van der Waals surface area contributed by atoms with Gasteiger partial charge in [0, 0.05) is 42.5 Å². The van der Waals surface area contributed by atoms with Crippen LogP contribution in [0.5, 0.6) is 0 Å². The van der Waals surface area contributed by atoms with E-state index in [0.29, 0.717) is 55.2 Å². The molecule has 2 unspecified atom stereocenters. The van der Waals surface area contributed by atoms with Crippen LogP contribution in [-0.4, -0.2) is 83.1 Å². The zero-order chi connectivity index (χ0) is 49.1. The highest BCUT2D eigenvalue weighted by atomic mass is 19.4. The number of nitrogens with one attached hydrogen (secondary N) is 1. The number of fused-ring (bicyclic) bond motifs is 5. The molecular weight excluding hydrogens is 917 g/mol. The molecule has 13 rings (SSSR count). The van der Waals surface area contributed by atoms with Gasteiger partial charge in [0.2, 0.25) is 11.6 Å². The number of aromatic nitrogens is 1. The van der Waals surface area contributed by atoms with E-state index >= 15 is 0 Å². The summed E-state index contributed by atoms with van der Waals surface area (Å²) >= 11 is 0. The number of rotatable bonds is 6. The molecule has 1 aromatic carbocycles. The minimum Gasteiger partial charge on any atom is -0.399 e. The number of aliphatic hydroxyl groups is 1. The van der Waals surface area contributed by atoms with Gasteiger partial charge in [-0.25, -0.2) is 24.5 Å². The average molecular weight is 984 g/mol. The van der Waals surface area contributed by atoms with Gasteiger partial charge in [0.15, 0.2) is 23.8 Å². The molecular formula is C50H67F6N3O10. The summed E-state index contributed by atoms with van der Waals surface area (Å²) in [6.45, 7) is 13.8. The van der Waals surface area contributed by atoms with Crippen LogP contribution in [0.2, 0.25) is 0 Å². The van der Waals surface area contributed by atoms with Gasteiger partial charge in [-0.15, -0.1) is 0 Å². The first kappa shape index (κ1) is 49.8. The van der Waals surface area contributed by atoms with E-state index in [4.69, 9.17) is 43.3 Å². The van der Waals surface area contributed by atoms with Gasteiger partial charge >= 0.3 is 12.4 Å². The maximum atomic E-state index is 13.2. The molecule has 384 valence electrons. The predicted molar refractivity (Wildman–Crippen MR) is 235 cm³/mol. The van der Waals surface area contributed by atoms with Crippen molar-refractivity contribution >= 4 is 16.6 Å². The number of nitrogens with zero attached hydrogens (tertiary/aromatic N) is 2. The number of benzene rings is 1. The predicted octanol–water partition coefficient (Wildman–Crippen LogP) is 10.3. The second-order valence-corrected chi connectivity index (χ2v) is 22.0. The molecule has 9 saturated heterocycles. The lowest BCUT2D eigenvalue weighted by Gasteiger charge is -2.61. The second-order valence-electron chi connectivity index (χ2n) is 22.0. The number of piperidine rings is 1. The summed E-state index contributed by atoms with van der Waals surface area (Å²) in [5.74, 6) is 0.863. The van der Waals surface area contributed by atoms with Gasteiger partial charge in [-0.05, 0) is 125 Å². The molecule has 9 aliphatic heterocycles. The van der Waals surface area contributed by atoms with Crippen LogP contribution < -0.4 is 5.32 Å². The van der Waals surface area contributed by atoms with Gasteiger partial charge in [-0.2, -0.15) is 26.3 Å². The Morgan fingerprint density at radius 2 is 1.39 bits per heavy atom. The van der Waals surface area contributed by atoms with E-state index in [-0.39, 0.29) is 46.8 Å². The Balaban J connectivity index is 0.000000183. The summed E-state index contributed by atoms with van der Waals surface area (Å²) in [7, 11) is 1.61. The van der Waals surface area contributed by atoms with Crippen molar-refractivity contribution in [3.63, 3.8) is 0 Å². The number of halogens is 6. The van der Waals surface area contributed by atoms with Crippen molar-refractivity contribution in [1.82, 2.24) is 10.3 Å². The molecule has 11 aliphatic rings. The first-order valence-electron chi connectivity index (χ1n) is 25.1. The summed E-state index contributed by atoms with van der Waals surface area (Å²) in [4.78, 5) is 33.6. The number of hydrogen-bond acceptors (Lipinski definition) is 13. The zero-order valence-corrected chi connectivity index (χ0v) is 40.4. The molecule has 2 aromatic rings. The number of ether oxygens (including phenoxy) is 4. The molecule has 0 amide bonds. The lowest BCUT2D eigenvalue weighted by Crippen LogP contribution is -2.71. The highest BCUT2D eigenvalue weighted by Crippen LogP contribution is 2.63. The van der Waals surface area contributed by atoms with Gasteiger partial charge in [0.05, 0.1) is 29.0 Å². The number of aliphatic hydroxyl groups excluding tert-OH is 1. The van der Waals surface area contributed by atoms with E-state index in [2.05, 4.69) is 43.2 Å². The largest absolute Gasteiger partial charge is 0.433 e. The van der Waals surface area contributed by atoms with Crippen LogP contribution >= 0.6 is 0 Å². The van der Waals surface area contributed by atoms with Crippen LogP contribution in [0.4, 0.5) is 26.3 Å². The molecule has 19 heteroatoms. The molecule has 1 aromatic heterocycles. The average Bonchev–Trinajstić information content (AvgIpc) is 3.69. The minimum absolute atomic E-state index is 0.126. The quantitative estimate of drug-likeness (QED) is 0.123. The Kier molecular flexibility index (Phi) is 13.0. The Morgan fingerprint density at radius 3 is 1.96 bits per heavy atom. The molecule has 2 saturated carbocycles. The third-order valence-corrected chi connectivity index (χ3v) is 17.9. The maximum Gasteiger partial charge on any atom is 0.433 e. The monoisotopic (exact) mass is 983 g/mol. The van der Waals surface area contributed by atoms with E-state index in [1.54, 1.807) is 7.11 Å². The van der Waals surface area contributed by atoms with Gasteiger partial charge in [0.25, 0.3) is 0 Å². The van der Waals surface area contributed by atoms with Crippen molar-refractivity contribution in [2.75, 3.05) is 13.7 Å². The Hall–Kier alpha value is -2.72. The van der Waals surface area contributed by atoms with Crippen LogP contribution in [0, 0.1) is 47.3 Å². The van der Waals surface area contributed by atoms with Gasteiger partial charge < -0.3 is 34.2 Å². The topological polar surface area (TPSA) is 141 Å². The van der Waals surface area contributed by atoms with Crippen molar-refractivity contribution in [2.24, 2.45) is 52.5 Å². The molecule has 0 radical (unpaired) electrons. The first-order chi connectivity index (χ1) is 32.6. The fourth-order valence-corrected chi connectivity index (χ4v) is 14.3. The molecule has 2 spiro atoms. The second kappa shape index (κ2) is 18.0. The molecule has 13 nitrogen and oxygen atoms in total. The third kappa shape index (κ3) is 8.41. The van der Waals surface area contributed by atoms with Crippen molar-refractivity contribution in [2.45, 2.75) is 191 Å². The van der Waals surface area contributed by atoms with Crippen molar-refractivity contribution < 1.29 is 74.8 Å². The lowest BCUT2D eigenvalue weighted by molar-refractivity contribution is -0.571. The molecule has 18 atom stereocenters. The van der Waals surface area contributed by atoms with Crippen molar-refractivity contribution in [3.05, 3.63) is 41.1 Å². The summed E-state index contributed by atoms with van der Waals surface area (Å²) in [6.07, 6.45) is -1.84. The molecule has 4 bridgehead atoms. The fraction of sp³-hybridized carbons (Fsp3) is 0.800. The van der Waals surface area contributed by atoms with Crippen LogP contribution in [0.15, 0.2) is 29.4 Å². The third-order valence-electron chi connectivity index (χ3n) is 17.9. The van der Waals surface area contributed by atoms with Crippen LogP contribution in [-0.2, 0) is 55.7 Å². The summed E-state index contributed by atoms with van der Waals surface area (Å²) in [5, 5.41) is 18.1. The molecule has 2 N–H and O–H groups in total. The minimum atomic E-state index is -4.93. The number of oxime groups is 1. The normalized spacial score (nSPS) is 44.5. The Morgan fingerprint density at radius 1 is 0.783 bits per heavy atom. The van der Waals surface area contributed by atoms with Gasteiger partial charge in [-0.3, -0.25) is 0 Å². The van der Waals surface area contributed by atoms with Gasteiger partial charge in [0.1, 0.15) is 18.9 Å². The summed E-state index contributed by atoms with van der Waals surface area (Å²) < 4.78 is 106. The number of para-hydroxylation sites is 1. The van der Waals surface area contributed by atoms with E-state index in [1.807, 2.05) is 13.8 Å². The summed E-state index contributed by atoms with van der Waals surface area (Å²) in [6, 6.07) is 3.16. The fourth-order valence-electron chi connectivity index (χ4n) is 14.3. The number of alkyl halides is 6. The Labute approximate surface area is 398 Å². The lowest BCUT2D eigenvalue weighted by atomic mass is 9.56. The van der Waals surface area contributed by atoms with E-state index in [0.717, 1.165) is 69.6 Å². The van der Waals surface area contributed by atoms with E-state index in [1.165, 1.54) is 12.5 Å². The SMILES string of the molecule is CO/N=C(/C[C@H]1O[C@@H]2OC3(C)CC[C@H]4[C@H](C)CC[C@@H]([C@H]1C)[C@@]24OO3)[C@H]1O[C@@H]2OC3(C)CC[C@H]4[C@H](C)CC[C@@H]([C@H]1C)[C@@]24OO3.O[C@@H](c1cc(C(F)(F)F)nc2c(C(F)(F)F)cccc12)[C@H]1CCCCN1. The van der Waals surface area contributed by atoms with Gasteiger partial charge in [-0.1, -0.05) is 51.4 Å². The van der Waals surface area contributed by atoms with Crippen LogP contribution in [0.25, 0.3) is 10.9 Å². The number of pyridine rings is 1. The smallest absolute Gasteiger partial charge is 0.399 e. The van der Waals surface area contributed by atoms with E-state index in [9.17, 15) is 31.4 Å². The highest BCUT2D eigenvalue weighted by molar-refractivity contribution is 5.89. The molecule has 69 heavy (non-hydrogen) atoms. The van der Waals surface area contributed by atoms with Crippen molar-refractivity contribution in [1.29, 1.82) is 0 Å². The van der Waals surface area contributed by atoms with E-state index < -0.39 is 76.6 Å². The molecule has 11 fully saturated rings. The Bertz CT molecular complexity index is 2250. The van der Waals surface area contributed by atoms with Crippen LogP contribution in [0.1, 0.15) is 142 Å². The standard InChI is InChI=1S/C33H51NO9.C17H16F6N2O/c1-17-8-10-23-19(3)26(36-28-32(23)21(17)12-14-30(5,38-28)40-42-32)16-25(34-35-7)27-20(4)24-11-9-18(2)22-13-15-31(6)39-29(37-27)33(22,24)43-41-31;18-16(19,20)11-5-3-4-9-10(15(26)12-6-1-2-7-24-12)8-13(17(21,22)23)25-14(9)11/h17-24,26-29H,8-16H2,1-7H3;3-5,8,12,15,24,26H,1-2,6-7H2/b34-25-;/t17-,18-,19-,20-,21+,22+,23+,24+,26-,27+,28-,29-,30?,31?,32-,33-;12-,15+/m11/s1.